The van der Waals surface area contributed by atoms with E-state index < -0.39 is 35.4 Å². The van der Waals surface area contributed by atoms with Crippen molar-refractivity contribution in [2.75, 3.05) is 6.54 Å². The van der Waals surface area contributed by atoms with Gasteiger partial charge in [0, 0.05) is 18.5 Å². The van der Waals surface area contributed by atoms with Gasteiger partial charge in [0.15, 0.2) is 4.32 Å². The molecule has 1 aliphatic heterocycles. The topological polar surface area (TPSA) is 82.5 Å². The summed E-state index contributed by atoms with van der Waals surface area (Å²) in [6.07, 6.45) is -6.87. The summed E-state index contributed by atoms with van der Waals surface area (Å²) in [6.45, 7) is 0.365. The number of unbranched alkanes of at least 4 members (excludes halogenated alkanes) is 2. The number of thiocarbonyl (C=S) groups is 1. The third-order valence-electron chi connectivity index (χ3n) is 5.06. The summed E-state index contributed by atoms with van der Waals surface area (Å²) in [5.41, 5.74) is -0.437. The van der Waals surface area contributed by atoms with Crippen molar-refractivity contribution in [3.05, 3.63) is 58.1 Å². The second-order valence-electron chi connectivity index (χ2n) is 7.87. The number of halogens is 6. The van der Waals surface area contributed by atoms with E-state index in [2.05, 4.69) is 10.4 Å². The van der Waals surface area contributed by atoms with Crippen LogP contribution in [0.25, 0.3) is 17.3 Å². The minimum atomic E-state index is -5.00. The fourth-order valence-electron chi connectivity index (χ4n) is 3.30. The molecule has 2 N–H and O–H groups in total. The number of carbonyl (C=O) groups is 2. The lowest BCUT2D eigenvalue weighted by molar-refractivity contribution is -0.143. The van der Waals surface area contributed by atoms with Crippen molar-refractivity contribution in [2.45, 2.75) is 38.0 Å². The van der Waals surface area contributed by atoms with Gasteiger partial charge in [0.2, 0.25) is 0 Å². The molecule has 198 valence electrons. The minimum absolute atomic E-state index is 0.0395. The van der Waals surface area contributed by atoms with Crippen molar-refractivity contribution in [3.8, 4) is 11.3 Å². The van der Waals surface area contributed by atoms with E-state index in [0.717, 1.165) is 16.8 Å². The normalized spacial score (nSPS) is 15.6. The molecule has 0 bridgehead atoms. The van der Waals surface area contributed by atoms with Crippen LogP contribution in [0.15, 0.2) is 41.3 Å². The molecule has 2 aromatic rings. The third-order valence-corrected chi connectivity index (χ3v) is 6.37. The number of hydrazine groups is 1. The van der Waals surface area contributed by atoms with E-state index in [1.54, 1.807) is 0 Å². The van der Waals surface area contributed by atoms with Gasteiger partial charge in [0.25, 0.3) is 5.91 Å². The summed E-state index contributed by atoms with van der Waals surface area (Å²) < 4.78 is 79.5. The molecule has 1 fully saturated rings. The average Bonchev–Trinajstić information content (AvgIpc) is 3.07. The number of amides is 1. The van der Waals surface area contributed by atoms with Crippen LogP contribution in [-0.2, 0) is 21.9 Å². The van der Waals surface area contributed by atoms with Crippen LogP contribution in [0.4, 0.5) is 26.3 Å². The highest BCUT2D eigenvalue weighted by atomic mass is 32.2. The molecule has 6 nitrogen and oxygen atoms in total. The number of aliphatic carboxylic acids is 1. The highest BCUT2D eigenvalue weighted by Crippen LogP contribution is 2.38. The Morgan fingerprint density at radius 1 is 1.05 bits per heavy atom. The number of carboxylic acids is 1. The number of aromatic nitrogens is 1. The number of rotatable bonds is 9. The van der Waals surface area contributed by atoms with Gasteiger partial charge in [-0.15, -0.1) is 0 Å². The van der Waals surface area contributed by atoms with E-state index in [1.807, 2.05) is 0 Å². The number of benzene rings is 1. The maximum absolute atomic E-state index is 13.2. The molecule has 3 rings (SSSR count). The molecule has 0 atom stereocenters. The fourth-order valence-corrected chi connectivity index (χ4v) is 4.50. The van der Waals surface area contributed by atoms with Gasteiger partial charge in [-0.25, -0.2) is 15.4 Å². The van der Waals surface area contributed by atoms with E-state index in [-0.39, 0.29) is 38.7 Å². The molecule has 1 aromatic heterocycles. The van der Waals surface area contributed by atoms with Gasteiger partial charge in [0.1, 0.15) is 0 Å². The number of hydrogen-bond donors (Lipinski definition) is 2. The summed E-state index contributed by atoms with van der Waals surface area (Å²) in [7, 11) is 0. The number of nitrogens with one attached hydrogen (secondary N) is 1. The van der Waals surface area contributed by atoms with Gasteiger partial charge < -0.3 is 5.11 Å². The molecule has 0 aliphatic carbocycles. The number of carboxylic acid groups (broad SMARTS) is 1. The van der Waals surface area contributed by atoms with Crippen LogP contribution < -0.4 is 5.43 Å². The highest BCUT2D eigenvalue weighted by molar-refractivity contribution is 8.26. The molecule has 0 radical (unpaired) electrons. The van der Waals surface area contributed by atoms with Crippen LogP contribution in [-0.4, -0.2) is 37.8 Å². The van der Waals surface area contributed by atoms with E-state index in [4.69, 9.17) is 17.3 Å². The first-order valence-corrected chi connectivity index (χ1v) is 12.0. The molecule has 0 saturated carbocycles. The molecule has 1 saturated heterocycles. The number of alkyl halides is 6. The standard InChI is InChI=1S/C23H19F6N3O3S2/c24-22(25,26)14-9-13(10-15(11-14)23(27,28)29)17-6-4-5-16(31-17)12-18-20(35)32(21(36)37-18)30-8-3-1-2-7-19(33)34/h4-6,9-12,30H,1-3,7-8H2,(H,33,34). The Balaban J connectivity index is 1.78. The van der Waals surface area contributed by atoms with Crippen molar-refractivity contribution < 1.29 is 41.0 Å². The monoisotopic (exact) mass is 563 g/mol. The molecule has 0 spiro atoms. The van der Waals surface area contributed by atoms with Gasteiger partial charge in [-0.3, -0.25) is 9.59 Å². The Kier molecular flexibility index (Phi) is 8.97. The van der Waals surface area contributed by atoms with Gasteiger partial charge in [0.05, 0.1) is 27.4 Å². The van der Waals surface area contributed by atoms with Gasteiger partial charge >= 0.3 is 18.3 Å². The Morgan fingerprint density at radius 3 is 2.30 bits per heavy atom. The average molecular weight is 564 g/mol. The predicted molar refractivity (Wildman–Crippen MR) is 129 cm³/mol. The fraction of sp³-hybridized carbons (Fsp3) is 0.304. The second kappa shape index (κ2) is 11.6. The Morgan fingerprint density at radius 2 is 1.70 bits per heavy atom. The Hall–Kier alpha value is -2.97. The van der Waals surface area contributed by atoms with Crippen molar-refractivity contribution in [1.82, 2.24) is 15.4 Å². The Bertz CT molecular complexity index is 1200. The molecule has 14 heteroatoms. The number of nitrogens with zero attached hydrogens (tertiary/aromatic N) is 2. The van der Waals surface area contributed by atoms with Crippen molar-refractivity contribution >= 4 is 46.3 Å². The highest BCUT2D eigenvalue weighted by Gasteiger charge is 2.37. The Labute approximate surface area is 216 Å². The second-order valence-corrected chi connectivity index (χ2v) is 9.55. The van der Waals surface area contributed by atoms with E-state index in [9.17, 15) is 35.9 Å². The molecule has 2 heterocycles. The lowest BCUT2D eigenvalue weighted by Gasteiger charge is -2.15. The quantitative estimate of drug-likeness (QED) is 0.164. The largest absolute Gasteiger partial charge is 0.481 e. The number of carbonyl (C=O) groups excluding carboxylic acids is 1. The first kappa shape index (κ1) is 28.6. The minimum Gasteiger partial charge on any atom is -0.481 e. The summed E-state index contributed by atoms with van der Waals surface area (Å²) in [5.74, 6) is -1.38. The maximum atomic E-state index is 13.2. The number of thioether (sulfide) groups is 1. The van der Waals surface area contributed by atoms with Crippen LogP contribution in [0.1, 0.15) is 42.5 Å². The zero-order valence-electron chi connectivity index (χ0n) is 18.8. The van der Waals surface area contributed by atoms with Gasteiger partial charge in [-0.2, -0.15) is 26.3 Å². The number of hydrogen-bond acceptors (Lipinski definition) is 6. The predicted octanol–water partition coefficient (Wildman–Crippen LogP) is 6.14. The van der Waals surface area contributed by atoms with Crippen molar-refractivity contribution in [2.24, 2.45) is 0 Å². The first-order chi connectivity index (χ1) is 17.3. The summed E-state index contributed by atoms with van der Waals surface area (Å²) in [5, 5.41) is 9.79. The van der Waals surface area contributed by atoms with Crippen LogP contribution in [0.2, 0.25) is 0 Å². The van der Waals surface area contributed by atoms with Gasteiger partial charge in [-0.05, 0) is 49.2 Å². The summed E-state index contributed by atoms with van der Waals surface area (Å²) in [6, 6.07) is 5.33. The molecule has 1 aromatic carbocycles. The van der Waals surface area contributed by atoms with Crippen molar-refractivity contribution in [1.29, 1.82) is 0 Å². The molecule has 1 aliphatic rings. The van der Waals surface area contributed by atoms with Crippen molar-refractivity contribution in [3.63, 3.8) is 0 Å². The SMILES string of the molecule is O=C(O)CCCCCNN1C(=O)C(=Cc2cccc(-c3cc(C(F)(F)F)cc(C(F)(F)F)c3)n2)SC1=S. The van der Waals surface area contributed by atoms with Crippen LogP contribution in [0.5, 0.6) is 0 Å². The van der Waals surface area contributed by atoms with Crippen LogP contribution >= 0.6 is 24.0 Å². The summed E-state index contributed by atoms with van der Waals surface area (Å²) >= 11 is 6.15. The zero-order valence-corrected chi connectivity index (χ0v) is 20.5. The maximum Gasteiger partial charge on any atom is 0.416 e. The third kappa shape index (κ3) is 7.76. The van der Waals surface area contributed by atoms with Crippen LogP contribution in [0.3, 0.4) is 0 Å². The molecular formula is C23H19F6N3O3S2. The molecule has 1 amide bonds. The molecule has 37 heavy (non-hydrogen) atoms. The van der Waals surface area contributed by atoms with Crippen LogP contribution in [0, 0.1) is 0 Å². The van der Waals surface area contributed by atoms with Gasteiger partial charge in [-0.1, -0.05) is 36.5 Å². The first-order valence-electron chi connectivity index (χ1n) is 10.8. The van der Waals surface area contributed by atoms with E-state index >= 15 is 0 Å². The lowest BCUT2D eigenvalue weighted by atomic mass is 10.0. The van der Waals surface area contributed by atoms with E-state index in [1.165, 1.54) is 24.3 Å². The number of pyridine rings is 1. The molecule has 0 unspecified atom stereocenters. The zero-order chi connectivity index (χ0) is 27.4. The smallest absolute Gasteiger partial charge is 0.416 e. The summed E-state index contributed by atoms with van der Waals surface area (Å²) in [4.78, 5) is 27.6. The van der Waals surface area contributed by atoms with E-state index in [0.29, 0.717) is 37.9 Å². The molecular weight excluding hydrogens is 544 g/mol. The lowest BCUT2D eigenvalue weighted by Crippen LogP contribution is -2.41.